The first-order valence-electron chi connectivity index (χ1n) is 9.43. The molecule has 1 N–H and O–H groups in total. The van der Waals surface area contributed by atoms with E-state index < -0.39 is 6.10 Å². The molecule has 2 rings (SSSR count). The van der Waals surface area contributed by atoms with Crippen molar-refractivity contribution in [1.82, 2.24) is 4.90 Å². The summed E-state index contributed by atoms with van der Waals surface area (Å²) in [6, 6.07) is 4.61. The number of aliphatic hydroxyl groups excluding tert-OH is 1. The summed E-state index contributed by atoms with van der Waals surface area (Å²) in [6.45, 7) is 6.34. The normalized spacial score (nSPS) is 17.7. The number of ketones is 1. The van der Waals surface area contributed by atoms with Crippen molar-refractivity contribution in [3.8, 4) is 0 Å². The van der Waals surface area contributed by atoms with Crippen LogP contribution in [0.1, 0.15) is 56.8 Å². The van der Waals surface area contributed by atoms with Gasteiger partial charge in [-0.3, -0.25) is 0 Å². The maximum Gasteiger partial charge on any atom is 0.130 e. The summed E-state index contributed by atoms with van der Waals surface area (Å²) >= 11 is 0. The van der Waals surface area contributed by atoms with Crippen LogP contribution in [0.25, 0.3) is 6.08 Å². The number of nitrogens with zero attached hydrogens (tertiary/aromatic N) is 1. The van der Waals surface area contributed by atoms with Crippen LogP contribution in [0.4, 0.5) is 4.39 Å². The van der Waals surface area contributed by atoms with Crippen molar-refractivity contribution in [3.63, 3.8) is 0 Å². The molecule has 1 aliphatic rings. The smallest absolute Gasteiger partial charge is 0.130 e. The standard InChI is InChI=1S/C21H30FNO3/c1-16(24)7-3-4-8-18-9-10-19(22)13-21(18)17(2)26-15-20(25)14-23-11-5-6-12-23/h4,8-10,13,17,20,25H,3,5-7,11-12,14-15H2,1-2H3/b8-4+. The first-order valence-corrected chi connectivity index (χ1v) is 9.43. The van der Waals surface area contributed by atoms with E-state index >= 15 is 0 Å². The minimum atomic E-state index is -0.543. The molecule has 0 spiro atoms. The highest BCUT2D eigenvalue weighted by molar-refractivity contribution is 5.75. The number of Topliss-reactive ketones (excluding diaryl/α,β-unsaturated/α-hetero) is 1. The molecule has 5 heteroatoms. The average Bonchev–Trinajstić information content (AvgIpc) is 3.10. The van der Waals surface area contributed by atoms with Crippen LogP contribution < -0.4 is 0 Å². The molecule has 1 saturated heterocycles. The third-order valence-electron chi connectivity index (χ3n) is 4.65. The van der Waals surface area contributed by atoms with Crippen molar-refractivity contribution in [2.45, 2.75) is 51.7 Å². The van der Waals surface area contributed by atoms with E-state index in [9.17, 15) is 14.3 Å². The number of aliphatic hydroxyl groups is 1. The molecule has 0 aromatic heterocycles. The Labute approximate surface area is 155 Å². The van der Waals surface area contributed by atoms with Crippen molar-refractivity contribution in [3.05, 3.63) is 41.2 Å². The van der Waals surface area contributed by atoms with Crippen LogP contribution in [0.5, 0.6) is 0 Å². The zero-order valence-electron chi connectivity index (χ0n) is 15.8. The van der Waals surface area contributed by atoms with Crippen molar-refractivity contribution in [2.24, 2.45) is 0 Å². The molecule has 1 aromatic carbocycles. The van der Waals surface area contributed by atoms with Gasteiger partial charge in [0.1, 0.15) is 11.6 Å². The second-order valence-corrected chi connectivity index (χ2v) is 7.05. The summed E-state index contributed by atoms with van der Waals surface area (Å²) < 4.78 is 19.5. The Morgan fingerprint density at radius 2 is 2.12 bits per heavy atom. The van der Waals surface area contributed by atoms with Crippen LogP contribution in [0, 0.1) is 5.82 Å². The molecule has 1 aliphatic heterocycles. The van der Waals surface area contributed by atoms with E-state index in [2.05, 4.69) is 4.90 Å². The van der Waals surface area contributed by atoms with Gasteiger partial charge in [-0.1, -0.05) is 18.2 Å². The summed E-state index contributed by atoms with van der Waals surface area (Å²) in [4.78, 5) is 13.3. The number of allylic oxidation sites excluding steroid dienone is 1. The number of ether oxygens (including phenoxy) is 1. The molecule has 2 unspecified atom stereocenters. The van der Waals surface area contributed by atoms with E-state index in [1.54, 1.807) is 13.0 Å². The van der Waals surface area contributed by atoms with Gasteiger partial charge in [0.25, 0.3) is 0 Å². The highest BCUT2D eigenvalue weighted by Crippen LogP contribution is 2.24. The fourth-order valence-corrected chi connectivity index (χ4v) is 3.21. The molecule has 2 atom stereocenters. The first-order chi connectivity index (χ1) is 12.5. The van der Waals surface area contributed by atoms with Gasteiger partial charge in [-0.05, 0) is 69.5 Å². The van der Waals surface area contributed by atoms with Crippen LogP contribution in [-0.2, 0) is 9.53 Å². The molecule has 1 aromatic rings. The predicted octanol–water partition coefficient (Wildman–Crippen LogP) is 3.74. The number of likely N-dealkylation sites (tertiary alicyclic amines) is 1. The number of hydrogen-bond donors (Lipinski definition) is 1. The number of hydrogen-bond acceptors (Lipinski definition) is 4. The topological polar surface area (TPSA) is 49.8 Å². The molecule has 26 heavy (non-hydrogen) atoms. The quantitative estimate of drug-likeness (QED) is 0.688. The lowest BCUT2D eigenvalue weighted by Gasteiger charge is -2.22. The van der Waals surface area contributed by atoms with Crippen LogP contribution in [-0.4, -0.2) is 48.1 Å². The van der Waals surface area contributed by atoms with Crippen LogP contribution in [0.15, 0.2) is 24.3 Å². The van der Waals surface area contributed by atoms with E-state index in [1.807, 2.05) is 19.1 Å². The van der Waals surface area contributed by atoms with Crippen molar-refractivity contribution in [1.29, 1.82) is 0 Å². The number of benzene rings is 1. The van der Waals surface area contributed by atoms with E-state index in [-0.39, 0.29) is 24.3 Å². The molecule has 0 bridgehead atoms. The van der Waals surface area contributed by atoms with Gasteiger partial charge in [0.05, 0.1) is 18.8 Å². The Morgan fingerprint density at radius 1 is 1.38 bits per heavy atom. The van der Waals surface area contributed by atoms with Gasteiger partial charge in [0, 0.05) is 13.0 Å². The highest BCUT2D eigenvalue weighted by atomic mass is 19.1. The van der Waals surface area contributed by atoms with Crippen molar-refractivity contribution >= 4 is 11.9 Å². The number of β-amino-alcohol motifs (C(OH)–C–C–N with tert-alkyl or cyclic N) is 1. The first kappa shape index (κ1) is 20.7. The van der Waals surface area contributed by atoms with Gasteiger partial charge >= 0.3 is 0 Å². The van der Waals surface area contributed by atoms with Gasteiger partial charge in [-0.15, -0.1) is 0 Å². The Morgan fingerprint density at radius 3 is 2.81 bits per heavy atom. The zero-order chi connectivity index (χ0) is 18.9. The monoisotopic (exact) mass is 363 g/mol. The molecule has 0 saturated carbocycles. The summed E-state index contributed by atoms with van der Waals surface area (Å²) in [5, 5.41) is 10.2. The van der Waals surface area contributed by atoms with E-state index in [4.69, 9.17) is 4.74 Å². The second-order valence-electron chi connectivity index (χ2n) is 7.05. The average molecular weight is 363 g/mol. The van der Waals surface area contributed by atoms with E-state index in [1.165, 1.54) is 25.0 Å². The molecule has 1 heterocycles. The van der Waals surface area contributed by atoms with Gasteiger partial charge in [-0.2, -0.15) is 0 Å². The number of rotatable bonds is 10. The van der Waals surface area contributed by atoms with Gasteiger partial charge < -0.3 is 19.5 Å². The molecular formula is C21H30FNO3. The Balaban J connectivity index is 1.92. The van der Waals surface area contributed by atoms with E-state index in [0.717, 1.165) is 24.2 Å². The molecule has 1 fully saturated rings. The Kier molecular flexibility index (Phi) is 8.42. The Bertz CT molecular complexity index is 611. The fraction of sp³-hybridized carbons (Fsp3) is 0.571. The Hall–Kier alpha value is -1.56. The minimum Gasteiger partial charge on any atom is -0.389 e. The second kappa shape index (κ2) is 10.6. The minimum absolute atomic E-state index is 0.151. The lowest BCUT2D eigenvalue weighted by atomic mass is 10.0. The fourth-order valence-electron chi connectivity index (χ4n) is 3.21. The van der Waals surface area contributed by atoms with Gasteiger partial charge in [0.15, 0.2) is 0 Å². The van der Waals surface area contributed by atoms with Gasteiger partial charge in [-0.25, -0.2) is 4.39 Å². The zero-order valence-corrected chi connectivity index (χ0v) is 15.8. The molecule has 0 amide bonds. The lowest BCUT2D eigenvalue weighted by molar-refractivity contribution is -0.116. The maximum atomic E-state index is 13.7. The third kappa shape index (κ3) is 6.98. The van der Waals surface area contributed by atoms with Crippen LogP contribution in [0.3, 0.4) is 0 Å². The number of carbonyl (C=O) groups is 1. The summed E-state index contributed by atoms with van der Waals surface area (Å²) in [7, 11) is 0. The largest absolute Gasteiger partial charge is 0.389 e. The van der Waals surface area contributed by atoms with Crippen LogP contribution >= 0.6 is 0 Å². The maximum absolute atomic E-state index is 13.7. The third-order valence-corrected chi connectivity index (χ3v) is 4.65. The SMILES string of the molecule is CC(=O)CC/C=C/c1ccc(F)cc1C(C)OCC(O)CN1CCCC1. The lowest BCUT2D eigenvalue weighted by Crippen LogP contribution is -2.33. The van der Waals surface area contributed by atoms with Crippen LogP contribution in [0.2, 0.25) is 0 Å². The van der Waals surface area contributed by atoms with Gasteiger partial charge in [0.2, 0.25) is 0 Å². The summed E-state index contributed by atoms with van der Waals surface area (Å²) in [5.41, 5.74) is 1.62. The van der Waals surface area contributed by atoms with Crippen molar-refractivity contribution in [2.75, 3.05) is 26.2 Å². The molecular weight excluding hydrogens is 333 g/mol. The molecule has 4 nitrogen and oxygen atoms in total. The highest BCUT2D eigenvalue weighted by Gasteiger charge is 2.18. The predicted molar refractivity (Wildman–Crippen MR) is 101 cm³/mol. The molecule has 0 aliphatic carbocycles. The van der Waals surface area contributed by atoms with E-state index in [0.29, 0.717) is 19.4 Å². The molecule has 0 radical (unpaired) electrons. The molecule has 144 valence electrons. The summed E-state index contributed by atoms with van der Waals surface area (Å²) in [6.07, 6.45) is 6.49. The summed E-state index contributed by atoms with van der Waals surface area (Å²) in [5.74, 6) is -0.161. The number of halogens is 1. The van der Waals surface area contributed by atoms with Crippen molar-refractivity contribution < 1.29 is 19.0 Å². The number of carbonyl (C=O) groups excluding carboxylic acids is 1.